The van der Waals surface area contributed by atoms with Crippen LogP contribution in [0.15, 0.2) is 54.9 Å². The van der Waals surface area contributed by atoms with Crippen molar-refractivity contribution >= 4 is 29.6 Å². The third-order valence-electron chi connectivity index (χ3n) is 7.61. The lowest BCUT2D eigenvalue weighted by atomic mass is 9.98. The maximum absolute atomic E-state index is 13.3. The minimum Gasteiger partial charge on any atom is -0.300 e. The predicted octanol–water partition coefficient (Wildman–Crippen LogP) is 4.67. The number of hydrazine groups is 1. The Morgan fingerprint density at radius 1 is 0.972 bits per heavy atom. The minimum atomic E-state index is -0.0224. The van der Waals surface area contributed by atoms with E-state index < -0.39 is 0 Å². The highest BCUT2D eigenvalue weighted by atomic mass is 35.5. The standard InChI is InChI=1S/C28H28N6O.ClH/c1-18-5-9-26-23(15-29-33(26)16-18)21-3-2-4-22-24(21)17-34(28(22)35)31-27-10-6-19-11-13-32(20-7-8-20)14-12-25(19)30-27;/h2-6,9-10,15-16,20H,7-8,11-14,17H2,1H3,(H,30,31);1H. The van der Waals surface area contributed by atoms with Gasteiger partial charge in [-0.3, -0.25) is 15.1 Å². The lowest BCUT2D eigenvalue weighted by Gasteiger charge is -2.19. The lowest BCUT2D eigenvalue weighted by Crippen LogP contribution is -2.30. The van der Waals surface area contributed by atoms with Crippen molar-refractivity contribution in [2.75, 3.05) is 18.5 Å². The lowest BCUT2D eigenvalue weighted by molar-refractivity contribution is 0.0814. The van der Waals surface area contributed by atoms with E-state index in [9.17, 15) is 4.79 Å². The van der Waals surface area contributed by atoms with Crippen LogP contribution in [0.5, 0.6) is 0 Å². The molecule has 1 amide bonds. The topological polar surface area (TPSA) is 65.8 Å². The van der Waals surface area contributed by atoms with Crippen LogP contribution in [0, 0.1) is 6.92 Å². The summed E-state index contributed by atoms with van der Waals surface area (Å²) in [5.74, 6) is 0.712. The number of aryl methyl sites for hydroxylation is 1. The third kappa shape index (κ3) is 3.92. The van der Waals surface area contributed by atoms with Gasteiger partial charge >= 0.3 is 0 Å². The summed E-state index contributed by atoms with van der Waals surface area (Å²) in [5.41, 5.74) is 11.8. The highest BCUT2D eigenvalue weighted by Gasteiger charge is 2.32. The van der Waals surface area contributed by atoms with Crippen molar-refractivity contribution in [3.63, 3.8) is 0 Å². The molecule has 0 saturated heterocycles. The normalized spacial score (nSPS) is 17.5. The Kier molecular flexibility index (Phi) is 5.69. The Balaban J connectivity index is 0.00000240. The molecule has 8 heteroatoms. The molecular formula is C28H29ClN6O. The van der Waals surface area contributed by atoms with E-state index in [1.165, 1.54) is 18.4 Å². The number of halogens is 1. The number of nitrogens with zero attached hydrogens (tertiary/aromatic N) is 5. The van der Waals surface area contributed by atoms with Gasteiger partial charge in [0.1, 0.15) is 5.82 Å². The summed E-state index contributed by atoms with van der Waals surface area (Å²) in [7, 11) is 0. The number of carbonyl (C=O) groups is 1. The van der Waals surface area contributed by atoms with Gasteiger partial charge in [0.15, 0.2) is 0 Å². The smallest absolute Gasteiger partial charge is 0.272 e. The first kappa shape index (κ1) is 23.0. The SMILES string of the molecule is Cc1ccc2c(-c3cccc4c3CN(Nc3ccc5c(n3)CCN(C3CC3)CC5)C4=O)cnn2c1.Cl. The van der Waals surface area contributed by atoms with E-state index in [1.54, 1.807) is 5.01 Å². The van der Waals surface area contributed by atoms with Crippen molar-refractivity contribution in [2.24, 2.45) is 0 Å². The molecule has 1 aromatic carbocycles. The number of hydrogen-bond acceptors (Lipinski definition) is 5. The maximum atomic E-state index is 13.3. The Bertz CT molecular complexity index is 1480. The number of anilines is 1. The van der Waals surface area contributed by atoms with Gasteiger partial charge in [-0.15, -0.1) is 12.4 Å². The van der Waals surface area contributed by atoms with E-state index in [2.05, 4.69) is 46.6 Å². The summed E-state index contributed by atoms with van der Waals surface area (Å²) in [6, 6.07) is 15.1. The van der Waals surface area contributed by atoms with Gasteiger partial charge in [0.2, 0.25) is 0 Å². The molecule has 1 aliphatic carbocycles. The summed E-state index contributed by atoms with van der Waals surface area (Å²) < 4.78 is 1.90. The van der Waals surface area contributed by atoms with Crippen molar-refractivity contribution in [1.82, 2.24) is 24.5 Å². The quantitative estimate of drug-likeness (QED) is 0.441. The van der Waals surface area contributed by atoms with Crippen LogP contribution >= 0.6 is 12.4 Å². The number of fused-ring (bicyclic) bond motifs is 3. The average Bonchev–Trinajstić information content (AvgIpc) is 3.59. The van der Waals surface area contributed by atoms with Gasteiger partial charge in [-0.05, 0) is 66.6 Å². The highest BCUT2D eigenvalue weighted by Crippen LogP contribution is 2.35. The van der Waals surface area contributed by atoms with Gasteiger partial charge in [0, 0.05) is 48.6 Å². The summed E-state index contributed by atoms with van der Waals surface area (Å²) in [6.07, 6.45) is 8.61. The molecule has 0 spiro atoms. The first-order chi connectivity index (χ1) is 17.1. The van der Waals surface area contributed by atoms with Crippen molar-refractivity contribution in [2.45, 2.75) is 45.2 Å². The summed E-state index contributed by atoms with van der Waals surface area (Å²) >= 11 is 0. The second-order valence-corrected chi connectivity index (χ2v) is 10.00. The van der Waals surface area contributed by atoms with Crippen molar-refractivity contribution in [3.05, 3.63) is 82.8 Å². The number of hydrogen-bond donors (Lipinski definition) is 1. The van der Waals surface area contributed by atoms with E-state index in [4.69, 9.17) is 4.98 Å². The predicted molar refractivity (Wildman–Crippen MR) is 142 cm³/mol. The average molecular weight is 501 g/mol. The van der Waals surface area contributed by atoms with Crippen LogP contribution in [-0.2, 0) is 19.4 Å². The molecule has 5 heterocycles. The number of amides is 1. The molecule has 7 nitrogen and oxygen atoms in total. The van der Waals surface area contributed by atoms with Gasteiger partial charge in [0.05, 0.1) is 18.3 Å². The first-order valence-corrected chi connectivity index (χ1v) is 12.5. The zero-order valence-electron chi connectivity index (χ0n) is 20.3. The van der Waals surface area contributed by atoms with E-state index in [1.807, 2.05) is 35.1 Å². The zero-order valence-corrected chi connectivity index (χ0v) is 21.1. The number of rotatable bonds is 4. The van der Waals surface area contributed by atoms with Crippen molar-refractivity contribution in [3.8, 4) is 11.1 Å². The number of benzene rings is 1. The fourth-order valence-electron chi connectivity index (χ4n) is 5.58. The van der Waals surface area contributed by atoms with Gasteiger partial charge < -0.3 is 0 Å². The molecule has 0 radical (unpaired) electrons. The molecule has 36 heavy (non-hydrogen) atoms. The number of pyridine rings is 2. The maximum Gasteiger partial charge on any atom is 0.272 e. The molecule has 4 aromatic rings. The molecule has 0 atom stereocenters. The van der Waals surface area contributed by atoms with Gasteiger partial charge in [-0.1, -0.05) is 24.3 Å². The second kappa shape index (κ2) is 8.91. The van der Waals surface area contributed by atoms with Crippen LogP contribution < -0.4 is 5.43 Å². The van der Waals surface area contributed by atoms with Gasteiger partial charge in [-0.25, -0.2) is 14.5 Å². The Morgan fingerprint density at radius 2 is 1.81 bits per heavy atom. The number of aromatic nitrogens is 3. The Labute approximate surface area is 216 Å². The Hall–Kier alpha value is -3.42. The summed E-state index contributed by atoms with van der Waals surface area (Å²) in [4.78, 5) is 20.8. The summed E-state index contributed by atoms with van der Waals surface area (Å²) in [6.45, 7) is 4.74. The number of nitrogens with one attached hydrogen (secondary N) is 1. The molecule has 0 bridgehead atoms. The molecule has 2 aliphatic heterocycles. The fraction of sp³-hybridized carbons (Fsp3) is 0.321. The molecule has 1 N–H and O–H groups in total. The van der Waals surface area contributed by atoms with Crippen LogP contribution in [-0.4, -0.2) is 49.5 Å². The molecule has 3 aromatic heterocycles. The monoisotopic (exact) mass is 500 g/mol. The third-order valence-corrected chi connectivity index (χ3v) is 7.61. The van der Waals surface area contributed by atoms with Gasteiger partial charge in [-0.2, -0.15) is 5.10 Å². The van der Waals surface area contributed by atoms with E-state index in [-0.39, 0.29) is 18.3 Å². The molecule has 3 aliphatic rings. The molecule has 184 valence electrons. The van der Waals surface area contributed by atoms with Crippen LogP contribution in [0.1, 0.15) is 45.6 Å². The van der Waals surface area contributed by atoms with Gasteiger partial charge in [0.25, 0.3) is 5.91 Å². The van der Waals surface area contributed by atoms with E-state index in [0.717, 1.165) is 76.8 Å². The van der Waals surface area contributed by atoms with Crippen LogP contribution in [0.4, 0.5) is 5.82 Å². The zero-order chi connectivity index (χ0) is 23.5. The fourth-order valence-corrected chi connectivity index (χ4v) is 5.58. The van der Waals surface area contributed by atoms with E-state index in [0.29, 0.717) is 6.54 Å². The largest absolute Gasteiger partial charge is 0.300 e. The van der Waals surface area contributed by atoms with Crippen molar-refractivity contribution in [1.29, 1.82) is 0 Å². The van der Waals surface area contributed by atoms with Crippen LogP contribution in [0.2, 0.25) is 0 Å². The van der Waals surface area contributed by atoms with Crippen LogP contribution in [0.3, 0.4) is 0 Å². The Morgan fingerprint density at radius 3 is 2.67 bits per heavy atom. The van der Waals surface area contributed by atoms with Crippen LogP contribution in [0.25, 0.3) is 16.6 Å². The first-order valence-electron chi connectivity index (χ1n) is 12.5. The highest BCUT2D eigenvalue weighted by molar-refractivity contribution is 6.02. The van der Waals surface area contributed by atoms with Crippen molar-refractivity contribution < 1.29 is 4.79 Å². The minimum absolute atomic E-state index is 0. The molecule has 7 rings (SSSR count). The summed E-state index contributed by atoms with van der Waals surface area (Å²) in [5, 5.41) is 6.23. The molecule has 1 fully saturated rings. The molecular weight excluding hydrogens is 472 g/mol. The molecule has 1 saturated carbocycles. The van der Waals surface area contributed by atoms with E-state index >= 15 is 0 Å². The second-order valence-electron chi connectivity index (χ2n) is 10.00. The number of carbonyl (C=O) groups excluding carboxylic acids is 1. The molecule has 0 unspecified atom stereocenters.